The van der Waals surface area contributed by atoms with Gasteiger partial charge in [0.15, 0.2) is 5.96 Å². The van der Waals surface area contributed by atoms with E-state index in [2.05, 4.69) is 34.5 Å². The Hall–Kier alpha value is -0.900. The first-order valence-electron chi connectivity index (χ1n) is 9.31. The van der Waals surface area contributed by atoms with Crippen LogP contribution < -0.4 is 10.6 Å². The van der Waals surface area contributed by atoms with Crippen LogP contribution in [0.25, 0.3) is 0 Å². The summed E-state index contributed by atoms with van der Waals surface area (Å²) < 4.78 is 0. The molecule has 0 aromatic carbocycles. The molecule has 6 nitrogen and oxygen atoms in total. The maximum absolute atomic E-state index is 12.3. The van der Waals surface area contributed by atoms with Crippen LogP contribution in [0.5, 0.6) is 0 Å². The first-order valence-corrected chi connectivity index (χ1v) is 10.1. The molecule has 0 radical (unpaired) electrons. The molecule has 0 spiro atoms. The summed E-state index contributed by atoms with van der Waals surface area (Å²) in [4.78, 5) is 24.3. The Kier molecular flexibility index (Phi) is 11.1. The van der Waals surface area contributed by atoms with Crippen LogP contribution in [0.1, 0.15) is 49.4 Å². The number of carbonyl (C=O) groups excluding carboxylic acids is 1. The fourth-order valence-electron chi connectivity index (χ4n) is 3.04. The van der Waals surface area contributed by atoms with E-state index < -0.39 is 0 Å². The Morgan fingerprint density at radius 2 is 2.15 bits per heavy atom. The molecule has 26 heavy (non-hydrogen) atoms. The van der Waals surface area contributed by atoms with Crippen molar-refractivity contribution in [1.29, 1.82) is 0 Å². The van der Waals surface area contributed by atoms with E-state index >= 15 is 0 Å². The molecule has 1 aliphatic heterocycles. The van der Waals surface area contributed by atoms with E-state index in [0.717, 1.165) is 49.7 Å². The second kappa shape index (κ2) is 12.5. The van der Waals surface area contributed by atoms with Gasteiger partial charge in [-0.1, -0.05) is 6.92 Å². The zero-order valence-electron chi connectivity index (χ0n) is 16.1. The molecular weight excluding hydrogens is 461 g/mol. The van der Waals surface area contributed by atoms with Crippen molar-refractivity contribution in [2.45, 2.75) is 58.4 Å². The normalized spacial score (nSPS) is 17.6. The van der Waals surface area contributed by atoms with E-state index in [4.69, 9.17) is 0 Å². The number of rotatable bonds is 7. The van der Waals surface area contributed by atoms with Gasteiger partial charge in [-0.15, -0.1) is 35.3 Å². The lowest BCUT2D eigenvalue weighted by molar-refractivity contribution is -0.134. The van der Waals surface area contributed by atoms with Crippen molar-refractivity contribution in [2.75, 3.05) is 26.7 Å². The highest BCUT2D eigenvalue weighted by atomic mass is 127. The Balaban J connectivity index is 0.00000338. The van der Waals surface area contributed by atoms with Crippen molar-refractivity contribution < 1.29 is 4.79 Å². The molecule has 0 aliphatic carbocycles. The number of amides is 1. The molecule has 148 valence electrons. The molecule has 2 heterocycles. The molecule has 8 heteroatoms. The van der Waals surface area contributed by atoms with E-state index in [-0.39, 0.29) is 29.9 Å². The van der Waals surface area contributed by atoms with Crippen LogP contribution in [-0.4, -0.2) is 54.5 Å². The second-order valence-electron chi connectivity index (χ2n) is 6.43. The van der Waals surface area contributed by atoms with Gasteiger partial charge in [0, 0.05) is 56.6 Å². The van der Waals surface area contributed by atoms with Gasteiger partial charge in [0.25, 0.3) is 0 Å². The number of aromatic nitrogens is 1. The van der Waals surface area contributed by atoms with Gasteiger partial charge < -0.3 is 15.5 Å². The lowest BCUT2D eigenvalue weighted by atomic mass is 10.0. The SMILES string of the molecule is CCc1cnc(CCNC(=NC)NCCC(=O)N2CCCCC2C)s1.I. The van der Waals surface area contributed by atoms with Crippen molar-refractivity contribution >= 4 is 47.2 Å². The van der Waals surface area contributed by atoms with Crippen LogP contribution in [-0.2, 0) is 17.6 Å². The maximum atomic E-state index is 12.3. The number of hydrogen-bond donors (Lipinski definition) is 2. The first-order chi connectivity index (χ1) is 12.1. The summed E-state index contributed by atoms with van der Waals surface area (Å²) >= 11 is 1.77. The first kappa shape index (κ1) is 23.1. The number of nitrogens with zero attached hydrogens (tertiary/aromatic N) is 3. The Labute approximate surface area is 178 Å². The van der Waals surface area contributed by atoms with E-state index in [1.54, 1.807) is 18.4 Å². The molecule has 1 saturated heterocycles. The molecule has 1 atom stereocenters. The van der Waals surface area contributed by atoms with Crippen molar-refractivity contribution in [1.82, 2.24) is 20.5 Å². The molecule has 1 aromatic heterocycles. The zero-order valence-corrected chi connectivity index (χ0v) is 19.2. The van der Waals surface area contributed by atoms with Crippen LogP contribution in [0, 0.1) is 0 Å². The number of aliphatic imine (C=N–C) groups is 1. The standard InChI is InChI=1S/C18H31N5OS.HI/c1-4-15-13-22-16(25-15)8-10-20-18(19-3)21-11-9-17(24)23-12-6-5-7-14(23)2;/h13-14H,4-12H2,1-3H3,(H2,19,20,21);1H. The predicted octanol–water partition coefficient (Wildman–Crippen LogP) is 2.82. The maximum Gasteiger partial charge on any atom is 0.224 e. The monoisotopic (exact) mass is 493 g/mol. The lowest BCUT2D eigenvalue weighted by Gasteiger charge is -2.33. The Bertz CT molecular complexity index is 578. The largest absolute Gasteiger partial charge is 0.356 e. The number of hydrogen-bond acceptors (Lipinski definition) is 4. The van der Waals surface area contributed by atoms with Crippen LogP contribution in [0.3, 0.4) is 0 Å². The molecule has 1 unspecified atom stereocenters. The number of piperidine rings is 1. The number of halogens is 1. The van der Waals surface area contributed by atoms with Crippen molar-refractivity contribution in [3.8, 4) is 0 Å². The summed E-state index contributed by atoms with van der Waals surface area (Å²) in [6, 6.07) is 0.380. The van der Waals surface area contributed by atoms with Gasteiger partial charge in [0.1, 0.15) is 0 Å². The minimum atomic E-state index is 0. The third-order valence-corrected chi connectivity index (χ3v) is 5.76. The number of thiazole rings is 1. The molecule has 0 bridgehead atoms. The van der Waals surface area contributed by atoms with Crippen molar-refractivity contribution in [2.24, 2.45) is 4.99 Å². The topological polar surface area (TPSA) is 69.6 Å². The average Bonchev–Trinajstić information content (AvgIpc) is 3.08. The summed E-state index contributed by atoms with van der Waals surface area (Å²) in [6.45, 7) is 6.59. The summed E-state index contributed by atoms with van der Waals surface area (Å²) in [7, 11) is 1.75. The van der Waals surface area contributed by atoms with Gasteiger partial charge in [-0.05, 0) is 32.6 Å². The highest BCUT2D eigenvalue weighted by Crippen LogP contribution is 2.17. The number of nitrogens with one attached hydrogen (secondary N) is 2. The molecule has 1 fully saturated rings. The summed E-state index contributed by atoms with van der Waals surface area (Å²) in [6.07, 6.45) is 7.88. The van der Waals surface area contributed by atoms with Crippen LogP contribution in [0.4, 0.5) is 0 Å². The molecule has 2 N–H and O–H groups in total. The summed E-state index contributed by atoms with van der Waals surface area (Å²) in [5.41, 5.74) is 0. The summed E-state index contributed by atoms with van der Waals surface area (Å²) in [5.74, 6) is 0.983. The zero-order chi connectivity index (χ0) is 18.1. The fourth-order valence-corrected chi connectivity index (χ4v) is 3.90. The van der Waals surface area contributed by atoms with Gasteiger partial charge >= 0.3 is 0 Å². The smallest absolute Gasteiger partial charge is 0.224 e. The van der Waals surface area contributed by atoms with Crippen LogP contribution >= 0.6 is 35.3 Å². The van der Waals surface area contributed by atoms with E-state index in [9.17, 15) is 4.79 Å². The second-order valence-corrected chi connectivity index (χ2v) is 7.63. The van der Waals surface area contributed by atoms with Crippen molar-refractivity contribution in [3.05, 3.63) is 16.1 Å². The predicted molar refractivity (Wildman–Crippen MR) is 120 cm³/mol. The van der Waals surface area contributed by atoms with Crippen LogP contribution in [0.15, 0.2) is 11.2 Å². The van der Waals surface area contributed by atoms with Crippen LogP contribution in [0.2, 0.25) is 0 Å². The molecule has 1 amide bonds. The van der Waals surface area contributed by atoms with E-state index in [0.29, 0.717) is 19.0 Å². The highest BCUT2D eigenvalue weighted by Gasteiger charge is 2.22. The minimum Gasteiger partial charge on any atom is -0.356 e. The van der Waals surface area contributed by atoms with Gasteiger partial charge in [0.05, 0.1) is 5.01 Å². The third kappa shape index (κ3) is 7.38. The quantitative estimate of drug-likeness (QED) is 0.348. The number of carbonyl (C=O) groups is 1. The number of aryl methyl sites for hydroxylation is 1. The van der Waals surface area contributed by atoms with E-state index in [1.165, 1.54) is 11.3 Å². The molecular formula is C18H32IN5OS. The average molecular weight is 493 g/mol. The molecule has 1 aliphatic rings. The Morgan fingerprint density at radius 3 is 2.81 bits per heavy atom. The van der Waals surface area contributed by atoms with Gasteiger partial charge in [-0.2, -0.15) is 0 Å². The Morgan fingerprint density at radius 1 is 1.38 bits per heavy atom. The minimum absolute atomic E-state index is 0. The highest BCUT2D eigenvalue weighted by molar-refractivity contribution is 14.0. The molecule has 2 rings (SSSR count). The van der Waals surface area contributed by atoms with Gasteiger partial charge in [0.2, 0.25) is 5.91 Å². The number of likely N-dealkylation sites (tertiary alicyclic amines) is 1. The summed E-state index contributed by atoms with van der Waals surface area (Å²) in [5, 5.41) is 7.67. The number of guanidine groups is 1. The lowest BCUT2D eigenvalue weighted by Crippen LogP contribution is -2.44. The molecule has 1 aromatic rings. The van der Waals surface area contributed by atoms with E-state index in [1.807, 2.05) is 11.1 Å². The van der Waals surface area contributed by atoms with Crippen molar-refractivity contribution in [3.63, 3.8) is 0 Å². The fraction of sp³-hybridized carbons (Fsp3) is 0.722. The molecule has 0 saturated carbocycles. The third-order valence-electron chi connectivity index (χ3n) is 4.56. The van der Waals surface area contributed by atoms with Gasteiger partial charge in [-0.3, -0.25) is 9.79 Å². The van der Waals surface area contributed by atoms with Gasteiger partial charge in [-0.25, -0.2) is 4.98 Å².